The van der Waals surface area contributed by atoms with Gasteiger partial charge in [0.15, 0.2) is 5.78 Å². The first kappa shape index (κ1) is 9.59. The number of carbonyl (C=O) groups is 1. The SMILES string of the molecule is [B]CC1=CC=C(C(=O)CCCl)C1. The van der Waals surface area contributed by atoms with Crippen molar-refractivity contribution in [3.63, 3.8) is 0 Å². The van der Waals surface area contributed by atoms with E-state index in [1.165, 1.54) is 0 Å². The molecule has 0 saturated heterocycles. The Kier molecular flexibility index (Phi) is 3.61. The molecule has 1 aliphatic carbocycles. The van der Waals surface area contributed by atoms with Crippen LogP contribution in [-0.4, -0.2) is 19.5 Å². The lowest BCUT2D eigenvalue weighted by atomic mass is 9.94. The Labute approximate surface area is 78.9 Å². The molecule has 0 amide bonds. The van der Waals surface area contributed by atoms with Crippen LogP contribution in [0.5, 0.6) is 0 Å². The van der Waals surface area contributed by atoms with Crippen molar-refractivity contribution < 1.29 is 4.79 Å². The van der Waals surface area contributed by atoms with E-state index in [4.69, 9.17) is 19.4 Å². The third-order valence-corrected chi connectivity index (χ3v) is 2.07. The molecule has 0 aromatic rings. The minimum absolute atomic E-state index is 0.143. The molecular weight excluding hydrogens is 170 g/mol. The number of rotatable bonds is 4. The summed E-state index contributed by atoms with van der Waals surface area (Å²) in [5, 5.41) is 0. The second-order valence-electron chi connectivity index (χ2n) is 2.76. The highest BCUT2D eigenvalue weighted by Gasteiger charge is 2.13. The predicted octanol–water partition coefficient (Wildman–Crippen LogP) is 2.03. The second-order valence-corrected chi connectivity index (χ2v) is 3.14. The van der Waals surface area contributed by atoms with Gasteiger partial charge in [0.25, 0.3) is 0 Å². The topological polar surface area (TPSA) is 17.1 Å². The molecule has 0 atom stereocenters. The molecule has 1 aliphatic rings. The summed E-state index contributed by atoms with van der Waals surface area (Å²) < 4.78 is 0. The highest BCUT2D eigenvalue weighted by atomic mass is 35.5. The summed E-state index contributed by atoms with van der Waals surface area (Å²) in [6, 6.07) is 0. The van der Waals surface area contributed by atoms with E-state index in [0.717, 1.165) is 11.1 Å². The molecule has 1 nitrogen and oxygen atoms in total. The lowest BCUT2D eigenvalue weighted by Gasteiger charge is -2.00. The van der Waals surface area contributed by atoms with Gasteiger partial charge in [0.2, 0.25) is 0 Å². The first-order chi connectivity index (χ1) is 5.77. The fourth-order valence-electron chi connectivity index (χ4n) is 1.16. The van der Waals surface area contributed by atoms with E-state index in [9.17, 15) is 4.79 Å². The molecular formula is C9H10BClO. The summed E-state index contributed by atoms with van der Waals surface area (Å²) in [6.07, 6.45) is 5.44. The molecule has 0 fully saturated rings. The van der Waals surface area contributed by atoms with Crippen LogP contribution in [-0.2, 0) is 4.79 Å². The summed E-state index contributed by atoms with van der Waals surface area (Å²) in [5.74, 6) is 0.540. The lowest BCUT2D eigenvalue weighted by Crippen LogP contribution is -2.01. The van der Waals surface area contributed by atoms with Gasteiger partial charge in [0, 0.05) is 12.3 Å². The van der Waals surface area contributed by atoms with Gasteiger partial charge in [-0.2, -0.15) is 0 Å². The van der Waals surface area contributed by atoms with Crippen LogP contribution in [0.2, 0.25) is 6.32 Å². The van der Waals surface area contributed by atoms with Crippen LogP contribution >= 0.6 is 11.6 Å². The van der Waals surface area contributed by atoms with Crippen molar-refractivity contribution in [1.82, 2.24) is 0 Å². The van der Waals surface area contributed by atoms with Crippen molar-refractivity contribution in [2.75, 3.05) is 5.88 Å². The monoisotopic (exact) mass is 180 g/mol. The summed E-state index contributed by atoms with van der Waals surface area (Å²) in [7, 11) is 5.43. The smallest absolute Gasteiger partial charge is 0.160 e. The Morgan fingerprint density at radius 2 is 2.33 bits per heavy atom. The third-order valence-electron chi connectivity index (χ3n) is 1.88. The fraction of sp³-hybridized carbons (Fsp3) is 0.444. The molecule has 62 valence electrons. The number of hydrogen-bond acceptors (Lipinski definition) is 1. The number of alkyl halides is 1. The van der Waals surface area contributed by atoms with Gasteiger partial charge in [0.1, 0.15) is 0 Å². The summed E-state index contributed by atoms with van der Waals surface area (Å²) >= 11 is 5.46. The van der Waals surface area contributed by atoms with Gasteiger partial charge in [-0.3, -0.25) is 4.79 Å². The molecule has 0 aromatic carbocycles. The zero-order chi connectivity index (χ0) is 8.97. The van der Waals surface area contributed by atoms with Crippen molar-refractivity contribution in [1.29, 1.82) is 0 Å². The van der Waals surface area contributed by atoms with Crippen LogP contribution in [0.4, 0.5) is 0 Å². The maximum Gasteiger partial charge on any atom is 0.160 e. The number of allylic oxidation sites excluding steroid dienone is 4. The number of Topliss-reactive ketones (excluding diaryl/α,β-unsaturated/α-hetero) is 1. The van der Waals surface area contributed by atoms with Gasteiger partial charge in [-0.15, -0.1) is 11.6 Å². The van der Waals surface area contributed by atoms with Crippen LogP contribution in [0.15, 0.2) is 23.3 Å². The lowest BCUT2D eigenvalue weighted by molar-refractivity contribution is -0.115. The molecule has 3 heteroatoms. The molecule has 0 N–H and O–H groups in total. The van der Waals surface area contributed by atoms with Crippen molar-refractivity contribution in [3.8, 4) is 0 Å². The Morgan fingerprint density at radius 1 is 1.58 bits per heavy atom. The maximum atomic E-state index is 11.3. The predicted molar refractivity (Wildman–Crippen MR) is 51.7 cm³/mol. The number of hydrogen-bond donors (Lipinski definition) is 0. The van der Waals surface area contributed by atoms with E-state index in [0.29, 0.717) is 25.0 Å². The van der Waals surface area contributed by atoms with E-state index in [2.05, 4.69) is 0 Å². The maximum absolute atomic E-state index is 11.3. The standard InChI is InChI=1S/C9H10BClO/c10-6-7-1-2-8(5-7)9(12)3-4-11/h1-2H,3-6H2. The van der Waals surface area contributed by atoms with Crippen LogP contribution in [0.25, 0.3) is 0 Å². The minimum Gasteiger partial charge on any atom is -0.294 e. The highest BCUT2D eigenvalue weighted by molar-refractivity contribution is 6.19. The minimum atomic E-state index is 0.143. The summed E-state index contributed by atoms with van der Waals surface area (Å²) in [6.45, 7) is 0. The van der Waals surface area contributed by atoms with Crippen molar-refractivity contribution in [2.24, 2.45) is 0 Å². The molecule has 2 radical (unpaired) electrons. The van der Waals surface area contributed by atoms with Gasteiger partial charge in [0.05, 0.1) is 7.85 Å². The number of halogens is 1. The molecule has 0 aromatic heterocycles. The van der Waals surface area contributed by atoms with E-state index in [-0.39, 0.29) is 5.78 Å². The van der Waals surface area contributed by atoms with Gasteiger partial charge in [-0.05, 0) is 12.0 Å². The molecule has 12 heavy (non-hydrogen) atoms. The van der Waals surface area contributed by atoms with Gasteiger partial charge in [-0.1, -0.05) is 24.0 Å². The first-order valence-corrected chi connectivity index (χ1v) is 4.49. The number of carbonyl (C=O) groups excluding carboxylic acids is 1. The normalized spacial score (nSPS) is 15.8. The first-order valence-electron chi connectivity index (χ1n) is 3.95. The van der Waals surface area contributed by atoms with E-state index in [1.807, 2.05) is 12.2 Å². The van der Waals surface area contributed by atoms with Crippen molar-refractivity contribution in [2.45, 2.75) is 19.2 Å². The third kappa shape index (κ3) is 2.24. The Bertz CT molecular complexity index is 243. The molecule has 1 rings (SSSR count). The zero-order valence-electron chi connectivity index (χ0n) is 6.85. The quantitative estimate of drug-likeness (QED) is 0.478. The summed E-state index contributed by atoms with van der Waals surface area (Å²) in [4.78, 5) is 11.3. The van der Waals surface area contributed by atoms with Crippen LogP contribution in [0.3, 0.4) is 0 Å². The Hall–Kier alpha value is -0.495. The largest absolute Gasteiger partial charge is 0.294 e. The fourth-order valence-corrected chi connectivity index (χ4v) is 1.33. The van der Waals surface area contributed by atoms with E-state index < -0.39 is 0 Å². The number of ketones is 1. The Morgan fingerprint density at radius 3 is 2.83 bits per heavy atom. The van der Waals surface area contributed by atoms with Gasteiger partial charge in [-0.25, -0.2) is 0 Å². The molecule has 0 aliphatic heterocycles. The molecule has 0 bridgehead atoms. The molecule has 0 saturated carbocycles. The van der Waals surface area contributed by atoms with Gasteiger partial charge < -0.3 is 0 Å². The van der Waals surface area contributed by atoms with Crippen molar-refractivity contribution >= 4 is 25.2 Å². The average molecular weight is 180 g/mol. The van der Waals surface area contributed by atoms with Crippen molar-refractivity contribution in [3.05, 3.63) is 23.3 Å². The van der Waals surface area contributed by atoms with E-state index >= 15 is 0 Å². The Balaban J connectivity index is 2.45. The second kappa shape index (κ2) is 4.51. The summed E-state index contributed by atoms with van der Waals surface area (Å²) in [5.41, 5.74) is 1.96. The van der Waals surface area contributed by atoms with Crippen LogP contribution < -0.4 is 0 Å². The highest BCUT2D eigenvalue weighted by Crippen LogP contribution is 2.22. The zero-order valence-corrected chi connectivity index (χ0v) is 7.60. The van der Waals surface area contributed by atoms with Gasteiger partial charge >= 0.3 is 0 Å². The molecule has 0 spiro atoms. The van der Waals surface area contributed by atoms with Crippen LogP contribution in [0, 0.1) is 0 Å². The average Bonchev–Trinajstić information content (AvgIpc) is 2.52. The molecule has 0 heterocycles. The van der Waals surface area contributed by atoms with E-state index in [1.54, 1.807) is 0 Å². The van der Waals surface area contributed by atoms with Crippen LogP contribution in [0.1, 0.15) is 12.8 Å². The molecule has 0 unspecified atom stereocenters.